The zero-order chi connectivity index (χ0) is 30.1. The topological polar surface area (TPSA) is 149 Å². The van der Waals surface area contributed by atoms with Crippen LogP contribution in [0, 0.1) is 0 Å². The quantitative estimate of drug-likeness (QED) is 0.374. The van der Waals surface area contributed by atoms with E-state index in [4.69, 9.17) is 27.9 Å². The van der Waals surface area contributed by atoms with Gasteiger partial charge in [0.2, 0.25) is 0 Å². The first kappa shape index (κ1) is 30.7. The minimum absolute atomic E-state index is 0.0346. The van der Waals surface area contributed by atoms with E-state index in [2.05, 4.69) is 10.3 Å². The van der Waals surface area contributed by atoms with Crippen LogP contribution in [0.4, 0.5) is 5.69 Å². The second-order valence-electron chi connectivity index (χ2n) is 9.36. The summed E-state index contributed by atoms with van der Waals surface area (Å²) in [6.07, 6.45) is -0.134. The number of sulfonamides is 1. The van der Waals surface area contributed by atoms with Crippen LogP contribution in [0.5, 0.6) is 5.75 Å². The Labute approximate surface area is 247 Å². The summed E-state index contributed by atoms with van der Waals surface area (Å²) in [5.74, 6) is -2.06. The van der Waals surface area contributed by atoms with E-state index in [0.717, 1.165) is 6.20 Å². The highest BCUT2D eigenvalue weighted by Crippen LogP contribution is 2.54. The normalized spacial score (nSPS) is 22.2. The number of methoxy groups -OCH3 is 1. The third-order valence-electron chi connectivity index (χ3n) is 6.76. The number of carbonyl (C=O) groups is 2. The molecule has 0 aliphatic carbocycles. The molecule has 2 aliphatic heterocycles. The third-order valence-corrected chi connectivity index (χ3v) is 8.83. The highest BCUT2D eigenvalue weighted by molar-refractivity contribution is 7.93. The Morgan fingerprint density at radius 3 is 2.37 bits per heavy atom. The number of rotatable bonds is 6. The van der Waals surface area contributed by atoms with E-state index in [-0.39, 0.29) is 45.6 Å². The lowest BCUT2D eigenvalue weighted by molar-refractivity contribution is -0.145. The summed E-state index contributed by atoms with van der Waals surface area (Å²) >= 11 is 12.3. The summed E-state index contributed by atoms with van der Waals surface area (Å²) in [4.78, 5) is 32.3. The molecule has 3 aromatic rings. The van der Waals surface area contributed by atoms with Crippen LogP contribution < -0.4 is 14.4 Å². The van der Waals surface area contributed by atoms with E-state index >= 15 is 0 Å². The number of carboxylic acids is 1. The van der Waals surface area contributed by atoms with Gasteiger partial charge in [0.1, 0.15) is 11.8 Å². The van der Waals surface area contributed by atoms with Gasteiger partial charge in [-0.25, -0.2) is 4.98 Å². The van der Waals surface area contributed by atoms with E-state index in [1.54, 1.807) is 24.3 Å². The molecule has 3 atom stereocenters. The minimum Gasteiger partial charge on any atom is -0.496 e. The molecule has 1 aromatic heterocycles. The van der Waals surface area contributed by atoms with Gasteiger partial charge in [0.05, 0.1) is 23.9 Å². The summed E-state index contributed by atoms with van der Waals surface area (Å²) in [5, 5.41) is 23.3. The molecule has 14 heteroatoms. The average molecular weight is 624 g/mol. The van der Waals surface area contributed by atoms with E-state index in [1.807, 2.05) is 14.1 Å². The van der Waals surface area contributed by atoms with Gasteiger partial charge in [-0.15, -0.1) is 0 Å². The number of nitrogens with one attached hydrogen (secondary N) is 1. The number of ether oxygens (including phenoxy) is 1. The number of aliphatic carboxylic acids is 1. The highest BCUT2D eigenvalue weighted by atomic mass is 35.5. The lowest BCUT2D eigenvalue weighted by Gasteiger charge is -2.40. The number of aromatic nitrogens is 1. The van der Waals surface area contributed by atoms with Crippen LogP contribution in [0.3, 0.4) is 0 Å². The Morgan fingerprint density at radius 1 is 1.10 bits per heavy atom. The predicted octanol–water partition coefficient (Wildman–Crippen LogP) is 2.73. The maximum Gasteiger partial charge on any atom is 0.321 e. The molecule has 1 amide bonds. The number of aliphatic hydroxyl groups excluding tert-OH is 1. The zero-order valence-electron chi connectivity index (χ0n) is 22.3. The molecule has 0 bridgehead atoms. The number of pyridine rings is 1. The summed E-state index contributed by atoms with van der Waals surface area (Å²) in [5.41, 5.74) is -1.75. The molecular weight excluding hydrogens is 595 g/mol. The van der Waals surface area contributed by atoms with Crippen molar-refractivity contribution in [2.24, 2.45) is 0 Å². The molecule has 218 valence electrons. The number of hydrogen-bond acceptors (Lipinski definition) is 9. The Balaban J connectivity index is 0.00000124. The summed E-state index contributed by atoms with van der Waals surface area (Å²) in [6.45, 7) is -0.236. The van der Waals surface area contributed by atoms with Crippen LogP contribution >= 0.6 is 23.2 Å². The van der Waals surface area contributed by atoms with Crippen molar-refractivity contribution in [2.45, 2.75) is 29.1 Å². The fourth-order valence-corrected chi connectivity index (χ4v) is 6.91. The van der Waals surface area contributed by atoms with Crippen LogP contribution in [0.1, 0.15) is 17.5 Å². The molecule has 11 nitrogen and oxygen atoms in total. The van der Waals surface area contributed by atoms with E-state index in [1.165, 1.54) is 42.3 Å². The number of carboxylic acid groups (broad SMARTS) is 1. The number of amides is 1. The molecule has 1 fully saturated rings. The number of para-hydroxylation sites is 1. The van der Waals surface area contributed by atoms with Crippen molar-refractivity contribution in [2.75, 3.05) is 32.1 Å². The van der Waals surface area contributed by atoms with Crippen molar-refractivity contribution in [3.8, 4) is 5.75 Å². The standard InChI is InChI=1S/C25H21Cl2N3O7S.C2H7N/c1-37-21-5-3-2-4-17(21)25(29-13-16(31)11-20(29)23(32)33)18-10-14(26)6-8-19(18)30(24(25)34)38(35,36)22-9-7-15(27)12-28-22;1-3-2/h2-10,12,16,20,31H,11,13H2,1H3,(H,32,33);3H,1-2H3/t16-,20+,25?;/m1./s1. The summed E-state index contributed by atoms with van der Waals surface area (Å²) in [6, 6.07) is 11.8. The smallest absolute Gasteiger partial charge is 0.321 e. The number of aliphatic hydroxyl groups is 1. The Bertz CT molecular complexity index is 1570. The van der Waals surface area contributed by atoms with Crippen LogP contribution in [-0.2, 0) is 25.2 Å². The van der Waals surface area contributed by atoms with E-state index < -0.39 is 44.6 Å². The molecule has 5 rings (SSSR count). The van der Waals surface area contributed by atoms with Crippen molar-refractivity contribution in [3.05, 3.63) is 82.0 Å². The molecule has 0 spiro atoms. The molecule has 41 heavy (non-hydrogen) atoms. The molecule has 0 radical (unpaired) electrons. The fraction of sp³-hybridized carbons (Fsp3) is 0.296. The van der Waals surface area contributed by atoms with Gasteiger partial charge in [0.25, 0.3) is 15.9 Å². The molecule has 1 unspecified atom stereocenters. The maximum absolute atomic E-state index is 14.7. The van der Waals surface area contributed by atoms with Crippen LogP contribution in [0.15, 0.2) is 65.8 Å². The second kappa shape index (κ2) is 11.9. The first-order chi connectivity index (χ1) is 19.4. The van der Waals surface area contributed by atoms with Gasteiger partial charge in [-0.05, 0) is 50.5 Å². The van der Waals surface area contributed by atoms with Crippen molar-refractivity contribution in [1.82, 2.24) is 15.2 Å². The minimum atomic E-state index is -4.62. The summed E-state index contributed by atoms with van der Waals surface area (Å²) in [7, 11) is 0.513. The first-order valence-corrected chi connectivity index (χ1v) is 14.6. The van der Waals surface area contributed by atoms with Gasteiger partial charge in [-0.2, -0.15) is 12.7 Å². The summed E-state index contributed by atoms with van der Waals surface area (Å²) < 4.78 is 34.0. The SMILES string of the molecule is CNC.COc1ccccc1C1(N2C[C@H](O)C[C@H]2C(=O)O)C(=O)N(S(=O)(=O)c2ccc(Cl)cn2)c2ccc(Cl)cc21. The number of likely N-dealkylation sites (tertiary alicyclic amines) is 1. The largest absolute Gasteiger partial charge is 0.496 e. The van der Waals surface area contributed by atoms with Gasteiger partial charge in [0, 0.05) is 35.3 Å². The number of nitrogens with zero attached hydrogens (tertiary/aromatic N) is 3. The number of fused-ring (bicyclic) bond motifs is 1. The Kier molecular flexibility index (Phi) is 8.93. The molecule has 2 aliphatic rings. The number of β-amino-alcohol motifs (C(OH)–C–C–N with tert-alkyl or cyclic N) is 1. The first-order valence-electron chi connectivity index (χ1n) is 12.4. The number of benzene rings is 2. The number of hydrogen-bond donors (Lipinski definition) is 3. The third kappa shape index (κ3) is 5.16. The van der Waals surface area contributed by atoms with E-state index in [0.29, 0.717) is 4.31 Å². The number of carbonyl (C=O) groups excluding carboxylic acids is 1. The Hall–Kier alpha value is -3.26. The maximum atomic E-state index is 14.7. The molecule has 3 heterocycles. The average Bonchev–Trinajstić information content (AvgIpc) is 3.44. The van der Waals surface area contributed by atoms with Crippen molar-refractivity contribution < 1.29 is 33.0 Å². The fourth-order valence-electron chi connectivity index (χ4n) is 5.25. The lowest BCUT2D eigenvalue weighted by Crippen LogP contribution is -2.58. The molecule has 1 saturated heterocycles. The highest BCUT2D eigenvalue weighted by Gasteiger charge is 2.64. The monoisotopic (exact) mass is 622 g/mol. The molecule has 0 saturated carbocycles. The predicted molar refractivity (Wildman–Crippen MR) is 153 cm³/mol. The van der Waals surface area contributed by atoms with Crippen LogP contribution in [-0.4, -0.2) is 80.3 Å². The zero-order valence-corrected chi connectivity index (χ0v) is 24.6. The molecular formula is C27H28Cl2N4O7S. The van der Waals surface area contributed by atoms with Crippen LogP contribution in [0.2, 0.25) is 10.0 Å². The Morgan fingerprint density at radius 2 is 1.76 bits per heavy atom. The molecule has 3 N–H and O–H groups in total. The van der Waals surface area contributed by atoms with Crippen molar-refractivity contribution >= 4 is 50.8 Å². The van der Waals surface area contributed by atoms with E-state index in [9.17, 15) is 28.2 Å². The van der Waals surface area contributed by atoms with Gasteiger partial charge in [0.15, 0.2) is 10.6 Å². The van der Waals surface area contributed by atoms with Gasteiger partial charge in [-0.3, -0.25) is 14.5 Å². The van der Waals surface area contributed by atoms with Crippen LogP contribution in [0.25, 0.3) is 0 Å². The van der Waals surface area contributed by atoms with Crippen molar-refractivity contribution in [3.63, 3.8) is 0 Å². The van der Waals surface area contributed by atoms with Gasteiger partial charge < -0.3 is 20.3 Å². The van der Waals surface area contributed by atoms with Gasteiger partial charge >= 0.3 is 5.97 Å². The lowest BCUT2D eigenvalue weighted by atomic mass is 9.81. The number of halogens is 2. The second-order valence-corrected chi connectivity index (χ2v) is 12.0. The van der Waals surface area contributed by atoms with Crippen molar-refractivity contribution in [1.29, 1.82) is 0 Å². The van der Waals surface area contributed by atoms with Gasteiger partial charge in [-0.1, -0.05) is 41.4 Å². The molecule has 2 aromatic carbocycles. The number of anilines is 1.